The molecule has 1 rings (SSSR count). The Bertz CT molecular complexity index is 464. The Morgan fingerprint density at radius 2 is 1.77 bits per heavy atom. The summed E-state index contributed by atoms with van der Waals surface area (Å²) in [4.78, 5) is 4.44. The van der Waals surface area contributed by atoms with Crippen molar-refractivity contribution in [2.45, 2.75) is 26.9 Å². The van der Waals surface area contributed by atoms with Crippen LogP contribution in [-0.4, -0.2) is 30.7 Å². The maximum atomic E-state index is 10.2. The highest BCUT2D eigenvalue weighted by Gasteiger charge is 2.10. The van der Waals surface area contributed by atoms with Gasteiger partial charge in [-0.05, 0) is 36.6 Å². The van der Waals surface area contributed by atoms with Gasteiger partial charge >= 0.3 is 0 Å². The molecule has 0 bridgehead atoms. The number of rotatable bonds is 6. The molecule has 0 fully saturated rings. The Morgan fingerprint density at radius 1 is 1.18 bits per heavy atom. The molecule has 0 aromatic heterocycles. The summed E-state index contributed by atoms with van der Waals surface area (Å²) in [5.41, 5.74) is 0.680. The van der Waals surface area contributed by atoms with E-state index in [0.717, 1.165) is 13.1 Å². The second kappa shape index (κ2) is 11.3. The minimum Gasteiger partial charge on any atom is -0.387 e. The van der Waals surface area contributed by atoms with E-state index in [9.17, 15) is 5.11 Å². The number of halogens is 3. The van der Waals surface area contributed by atoms with Crippen LogP contribution in [-0.2, 0) is 0 Å². The summed E-state index contributed by atoms with van der Waals surface area (Å²) in [6.07, 6.45) is -0.705. The molecule has 0 aliphatic rings. The molecule has 3 N–H and O–H groups in total. The zero-order valence-corrected chi connectivity index (χ0v) is 16.9. The molecule has 1 unspecified atom stereocenters. The molecule has 22 heavy (non-hydrogen) atoms. The van der Waals surface area contributed by atoms with Crippen molar-refractivity contribution in [1.82, 2.24) is 10.6 Å². The minimum absolute atomic E-state index is 0. The normalized spacial score (nSPS) is 12.8. The van der Waals surface area contributed by atoms with Crippen LogP contribution >= 0.6 is 47.2 Å². The fourth-order valence-corrected chi connectivity index (χ4v) is 2.24. The number of guanidine groups is 1. The number of hydrogen-bond acceptors (Lipinski definition) is 2. The van der Waals surface area contributed by atoms with Crippen LogP contribution in [0.25, 0.3) is 0 Å². The van der Waals surface area contributed by atoms with Gasteiger partial charge < -0.3 is 15.7 Å². The number of aliphatic imine (C=N–C) groups is 1. The van der Waals surface area contributed by atoms with Crippen molar-refractivity contribution >= 4 is 53.1 Å². The van der Waals surface area contributed by atoms with E-state index in [1.807, 2.05) is 6.92 Å². The second-order valence-electron chi connectivity index (χ2n) is 5.21. The van der Waals surface area contributed by atoms with Crippen molar-refractivity contribution in [2.24, 2.45) is 10.9 Å². The first-order valence-corrected chi connectivity index (χ1v) is 7.84. The number of aliphatic hydroxyl groups excluding tert-OH is 1. The molecule has 0 saturated heterocycles. The van der Waals surface area contributed by atoms with Crippen LogP contribution in [0.15, 0.2) is 23.2 Å². The van der Waals surface area contributed by atoms with Crippen molar-refractivity contribution in [1.29, 1.82) is 0 Å². The lowest BCUT2D eigenvalue weighted by atomic mass is 10.1. The van der Waals surface area contributed by atoms with Crippen molar-refractivity contribution in [2.75, 3.05) is 19.6 Å². The van der Waals surface area contributed by atoms with E-state index in [1.165, 1.54) is 0 Å². The zero-order valence-electron chi connectivity index (χ0n) is 13.1. The maximum Gasteiger partial charge on any atom is 0.191 e. The molecule has 1 aromatic carbocycles. The molecule has 0 aliphatic carbocycles. The third-order valence-electron chi connectivity index (χ3n) is 2.69. The first-order valence-electron chi connectivity index (χ1n) is 7.08. The average molecular weight is 460 g/mol. The molecule has 0 heterocycles. The molecule has 0 amide bonds. The van der Waals surface area contributed by atoms with Gasteiger partial charge in [0.15, 0.2) is 5.96 Å². The quantitative estimate of drug-likeness (QED) is 0.344. The largest absolute Gasteiger partial charge is 0.387 e. The Kier molecular flexibility index (Phi) is 11.2. The molecule has 1 aromatic rings. The highest BCUT2D eigenvalue weighted by atomic mass is 127. The lowest BCUT2D eigenvalue weighted by Gasteiger charge is -2.16. The highest BCUT2D eigenvalue weighted by Crippen LogP contribution is 2.23. The first kappa shape index (κ1) is 21.8. The van der Waals surface area contributed by atoms with Crippen molar-refractivity contribution in [3.8, 4) is 0 Å². The highest BCUT2D eigenvalue weighted by molar-refractivity contribution is 14.0. The molecule has 126 valence electrons. The van der Waals surface area contributed by atoms with Crippen molar-refractivity contribution in [3.63, 3.8) is 0 Å². The van der Waals surface area contributed by atoms with Crippen LogP contribution in [0.2, 0.25) is 10.0 Å². The number of nitrogens with zero attached hydrogens (tertiary/aromatic N) is 1. The van der Waals surface area contributed by atoms with E-state index >= 15 is 0 Å². The number of hydrogen-bond donors (Lipinski definition) is 3. The molecule has 0 radical (unpaired) electrons. The smallest absolute Gasteiger partial charge is 0.191 e. The van der Waals surface area contributed by atoms with E-state index in [2.05, 4.69) is 29.5 Å². The fourth-order valence-electron chi connectivity index (χ4n) is 1.69. The predicted molar refractivity (Wildman–Crippen MR) is 106 cm³/mol. The van der Waals surface area contributed by atoms with Gasteiger partial charge in [0.25, 0.3) is 0 Å². The molecule has 0 aliphatic heterocycles. The SMILES string of the molecule is CCNC(=NCC(C)C)NCC(O)c1cc(Cl)cc(Cl)c1.I. The van der Waals surface area contributed by atoms with Gasteiger partial charge in [-0.15, -0.1) is 24.0 Å². The monoisotopic (exact) mass is 459 g/mol. The molecule has 0 spiro atoms. The minimum atomic E-state index is -0.705. The predicted octanol–water partition coefficient (Wildman–Crippen LogP) is 3.86. The van der Waals surface area contributed by atoms with E-state index in [0.29, 0.717) is 34.0 Å². The third kappa shape index (κ3) is 8.41. The molecule has 4 nitrogen and oxygen atoms in total. The van der Waals surface area contributed by atoms with Crippen molar-refractivity contribution in [3.05, 3.63) is 33.8 Å². The fraction of sp³-hybridized carbons (Fsp3) is 0.533. The summed E-state index contributed by atoms with van der Waals surface area (Å²) in [6, 6.07) is 5.05. The van der Waals surface area contributed by atoms with Gasteiger partial charge in [-0.25, -0.2) is 0 Å². The lowest BCUT2D eigenvalue weighted by molar-refractivity contribution is 0.181. The van der Waals surface area contributed by atoms with E-state index in [1.54, 1.807) is 18.2 Å². The van der Waals surface area contributed by atoms with E-state index in [4.69, 9.17) is 23.2 Å². The summed E-state index contributed by atoms with van der Waals surface area (Å²) >= 11 is 11.9. The maximum absolute atomic E-state index is 10.2. The molecule has 1 atom stereocenters. The van der Waals surface area contributed by atoms with Crippen LogP contribution in [0.5, 0.6) is 0 Å². The Balaban J connectivity index is 0.00000441. The number of benzene rings is 1. The van der Waals surface area contributed by atoms with Crippen molar-refractivity contribution < 1.29 is 5.11 Å². The van der Waals surface area contributed by atoms with Crippen LogP contribution < -0.4 is 10.6 Å². The van der Waals surface area contributed by atoms with Crippen LogP contribution in [0.4, 0.5) is 0 Å². The zero-order chi connectivity index (χ0) is 15.8. The Morgan fingerprint density at radius 3 is 2.27 bits per heavy atom. The van der Waals surface area contributed by atoms with E-state index in [-0.39, 0.29) is 24.0 Å². The van der Waals surface area contributed by atoms with Gasteiger partial charge in [0, 0.05) is 29.7 Å². The third-order valence-corrected chi connectivity index (χ3v) is 3.13. The molecular weight excluding hydrogens is 436 g/mol. The van der Waals surface area contributed by atoms with E-state index < -0.39 is 6.10 Å². The summed E-state index contributed by atoms with van der Waals surface area (Å²) in [5, 5.41) is 17.5. The second-order valence-corrected chi connectivity index (χ2v) is 6.09. The topological polar surface area (TPSA) is 56.7 Å². The first-order chi connectivity index (χ1) is 9.92. The van der Waals surface area contributed by atoms with Crippen LogP contribution in [0.1, 0.15) is 32.4 Å². The Hall–Kier alpha value is -0.240. The summed E-state index contributed by atoms with van der Waals surface area (Å²) in [6.45, 7) is 8.05. The summed E-state index contributed by atoms with van der Waals surface area (Å²) in [5.74, 6) is 1.18. The lowest BCUT2D eigenvalue weighted by Crippen LogP contribution is -2.39. The van der Waals surface area contributed by atoms with Gasteiger partial charge in [-0.3, -0.25) is 4.99 Å². The van der Waals surface area contributed by atoms with Gasteiger partial charge in [0.1, 0.15) is 0 Å². The molecule has 0 saturated carbocycles. The Labute approximate surface area is 159 Å². The molecular formula is C15H24Cl2IN3O. The summed E-state index contributed by atoms with van der Waals surface area (Å²) < 4.78 is 0. The van der Waals surface area contributed by atoms with Gasteiger partial charge in [0.05, 0.1) is 6.10 Å². The van der Waals surface area contributed by atoms with Crippen LogP contribution in [0.3, 0.4) is 0 Å². The van der Waals surface area contributed by atoms with Crippen LogP contribution in [0, 0.1) is 5.92 Å². The van der Waals surface area contributed by atoms with Gasteiger partial charge in [-0.2, -0.15) is 0 Å². The summed E-state index contributed by atoms with van der Waals surface area (Å²) in [7, 11) is 0. The number of aliphatic hydroxyl groups is 1. The van der Waals surface area contributed by atoms with Gasteiger partial charge in [-0.1, -0.05) is 37.0 Å². The number of nitrogens with one attached hydrogen (secondary N) is 2. The van der Waals surface area contributed by atoms with Gasteiger partial charge in [0.2, 0.25) is 0 Å². The average Bonchev–Trinajstić information content (AvgIpc) is 2.40. The standard InChI is InChI=1S/C15H23Cl2N3O.HI/c1-4-18-15(19-8-10(2)3)20-9-14(21)11-5-12(16)7-13(17)6-11;/h5-7,10,14,21H,4,8-9H2,1-3H3,(H2,18,19,20);1H. The molecule has 7 heteroatoms.